The number of aryl methyl sites for hydroxylation is 1. The number of hydrogen-bond donors (Lipinski definition) is 1. The van der Waals surface area contributed by atoms with E-state index in [-0.39, 0.29) is 16.2 Å². The topological polar surface area (TPSA) is 87.0 Å². The van der Waals surface area contributed by atoms with Crippen molar-refractivity contribution < 1.29 is 13.2 Å². The molecule has 0 saturated heterocycles. The lowest BCUT2D eigenvalue weighted by Gasteiger charge is -2.09. The summed E-state index contributed by atoms with van der Waals surface area (Å²) in [5, 5.41) is 12.9. The number of thiophene rings is 1. The van der Waals surface area contributed by atoms with Gasteiger partial charge in [-0.1, -0.05) is 25.5 Å². The highest BCUT2D eigenvalue weighted by Crippen LogP contribution is 2.37. The summed E-state index contributed by atoms with van der Waals surface area (Å²) in [5.41, 5.74) is 1.68. The number of anilines is 1. The van der Waals surface area contributed by atoms with E-state index >= 15 is 0 Å². The van der Waals surface area contributed by atoms with Gasteiger partial charge in [-0.2, -0.15) is 5.26 Å². The number of fused-ring (bicyclic) bond motifs is 1. The molecule has 136 valence electrons. The maximum absolute atomic E-state index is 12.8. The molecule has 0 atom stereocenters. The van der Waals surface area contributed by atoms with Gasteiger partial charge >= 0.3 is 0 Å². The van der Waals surface area contributed by atoms with Gasteiger partial charge in [-0.05, 0) is 43.4 Å². The second kappa shape index (κ2) is 7.60. The van der Waals surface area contributed by atoms with Crippen LogP contribution in [0.4, 0.5) is 5.00 Å². The third-order valence-corrected chi connectivity index (χ3v) is 7.60. The summed E-state index contributed by atoms with van der Waals surface area (Å²) in [6.45, 7) is 1.55. The maximum atomic E-state index is 12.8. The first-order valence-corrected chi connectivity index (χ1v) is 11.1. The van der Waals surface area contributed by atoms with Crippen molar-refractivity contribution >= 4 is 32.1 Å². The molecular weight excluding hydrogens is 368 g/mol. The Bertz CT molecular complexity index is 985. The summed E-state index contributed by atoms with van der Waals surface area (Å²) in [6.07, 6.45) is 5.06. The number of rotatable bonds is 4. The molecule has 7 heteroatoms. The molecule has 0 unspecified atom stereocenters. The second-order valence-electron chi connectivity index (χ2n) is 6.23. The first-order chi connectivity index (χ1) is 12.5. The average Bonchev–Trinajstić information content (AvgIpc) is 2.80. The van der Waals surface area contributed by atoms with E-state index in [4.69, 9.17) is 0 Å². The lowest BCUT2D eigenvalue weighted by molar-refractivity contribution is 0.102. The molecule has 3 rings (SSSR count). The van der Waals surface area contributed by atoms with Crippen molar-refractivity contribution in [2.45, 2.75) is 43.9 Å². The molecule has 2 aromatic rings. The van der Waals surface area contributed by atoms with E-state index in [1.807, 2.05) is 0 Å². The van der Waals surface area contributed by atoms with Gasteiger partial charge in [0.25, 0.3) is 5.91 Å². The van der Waals surface area contributed by atoms with E-state index in [1.54, 1.807) is 19.1 Å². The number of carbonyl (C=O) groups excluding carboxylic acids is 1. The van der Waals surface area contributed by atoms with Gasteiger partial charge in [0.2, 0.25) is 0 Å². The fraction of sp³-hybridized carbons (Fsp3) is 0.368. The van der Waals surface area contributed by atoms with Crippen molar-refractivity contribution in [3.05, 3.63) is 45.8 Å². The molecule has 1 aliphatic carbocycles. The Labute approximate surface area is 157 Å². The normalized spacial score (nSPS) is 14.2. The van der Waals surface area contributed by atoms with Gasteiger partial charge < -0.3 is 5.32 Å². The molecule has 1 heterocycles. The van der Waals surface area contributed by atoms with Crippen molar-refractivity contribution in [1.29, 1.82) is 5.26 Å². The molecular formula is C19H20N2O3S2. The van der Waals surface area contributed by atoms with Crippen LogP contribution in [0.2, 0.25) is 0 Å². The molecule has 5 nitrogen and oxygen atoms in total. The summed E-state index contributed by atoms with van der Waals surface area (Å²) in [4.78, 5) is 13.9. The van der Waals surface area contributed by atoms with Crippen LogP contribution >= 0.6 is 11.3 Å². The predicted octanol–water partition coefficient (Wildman–Crippen LogP) is 3.93. The Kier molecular flexibility index (Phi) is 5.44. The molecule has 0 bridgehead atoms. The van der Waals surface area contributed by atoms with Gasteiger partial charge in [0.05, 0.1) is 21.8 Å². The van der Waals surface area contributed by atoms with Crippen LogP contribution in [0.25, 0.3) is 0 Å². The lowest BCUT2D eigenvalue weighted by Crippen LogP contribution is -2.17. The number of carbonyl (C=O) groups is 1. The fourth-order valence-corrected chi connectivity index (χ4v) is 5.53. The van der Waals surface area contributed by atoms with Crippen molar-refractivity contribution in [3.8, 4) is 6.07 Å². The Balaban J connectivity index is 1.97. The predicted molar refractivity (Wildman–Crippen MR) is 102 cm³/mol. The van der Waals surface area contributed by atoms with E-state index in [2.05, 4.69) is 11.4 Å². The number of nitrogens with zero attached hydrogens (tertiary/aromatic N) is 1. The van der Waals surface area contributed by atoms with Gasteiger partial charge in [-0.15, -0.1) is 11.3 Å². The number of hydrogen-bond acceptors (Lipinski definition) is 5. The van der Waals surface area contributed by atoms with Gasteiger partial charge in [0, 0.05) is 4.88 Å². The van der Waals surface area contributed by atoms with E-state index in [1.165, 1.54) is 23.5 Å². The number of nitrogens with one attached hydrogen (secondary N) is 1. The minimum atomic E-state index is -3.51. The second-order valence-corrected chi connectivity index (χ2v) is 9.59. The summed E-state index contributed by atoms with van der Waals surface area (Å²) in [6, 6.07) is 8.41. The third-order valence-electron chi connectivity index (χ3n) is 4.61. The highest BCUT2D eigenvalue weighted by atomic mass is 32.2. The third kappa shape index (κ3) is 3.53. The van der Waals surface area contributed by atoms with Crippen molar-refractivity contribution in [2.24, 2.45) is 0 Å². The Morgan fingerprint density at radius 3 is 2.69 bits per heavy atom. The quantitative estimate of drug-likeness (QED) is 0.804. The zero-order valence-electron chi connectivity index (χ0n) is 14.5. The number of amides is 1. The van der Waals surface area contributed by atoms with Crippen LogP contribution in [0, 0.1) is 11.3 Å². The first kappa shape index (κ1) is 18.6. The van der Waals surface area contributed by atoms with Crippen LogP contribution in [0.3, 0.4) is 0 Å². The number of benzene rings is 1. The first-order valence-electron chi connectivity index (χ1n) is 8.65. The van der Waals surface area contributed by atoms with Crippen LogP contribution in [0.5, 0.6) is 0 Å². The van der Waals surface area contributed by atoms with Crippen molar-refractivity contribution in [2.75, 3.05) is 11.1 Å². The largest absolute Gasteiger partial charge is 0.312 e. The van der Waals surface area contributed by atoms with Gasteiger partial charge in [0.15, 0.2) is 9.84 Å². The maximum Gasteiger partial charge on any atom is 0.257 e. The summed E-state index contributed by atoms with van der Waals surface area (Å²) in [5.74, 6) is -0.570. The zero-order valence-corrected chi connectivity index (χ0v) is 16.2. The average molecular weight is 389 g/mol. The fourth-order valence-electron chi connectivity index (χ4n) is 3.20. The molecule has 0 spiro atoms. The monoisotopic (exact) mass is 388 g/mol. The van der Waals surface area contributed by atoms with Crippen LogP contribution in [-0.4, -0.2) is 20.1 Å². The lowest BCUT2D eigenvalue weighted by atomic mass is 10.1. The zero-order chi connectivity index (χ0) is 18.7. The Hall–Kier alpha value is -2.17. The van der Waals surface area contributed by atoms with Gasteiger partial charge in [-0.25, -0.2) is 8.42 Å². The molecule has 1 N–H and O–H groups in total. The molecule has 0 aliphatic heterocycles. The van der Waals surface area contributed by atoms with Crippen LogP contribution < -0.4 is 5.32 Å². The minimum Gasteiger partial charge on any atom is -0.312 e. The van der Waals surface area contributed by atoms with Gasteiger partial charge in [-0.3, -0.25) is 4.79 Å². The molecule has 0 saturated carbocycles. The van der Waals surface area contributed by atoms with Crippen molar-refractivity contribution in [1.82, 2.24) is 0 Å². The summed E-state index contributed by atoms with van der Waals surface area (Å²) >= 11 is 1.44. The molecule has 0 fully saturated rings. The smallest absolute Gasteiger partial charge is 0.257 e. The molecule has 1 aromatic heterocycles. The Morgan fingerprint density at radius 1 is 1.23 bits per heavy atom. The molecule has 0 radical (unpaired) electrons. The van der Waals surface area contributed by atoms with E-state index in [9.17, 15) is 18.5 Å². The molecule has 26 heavy (non-hydrogen) atoms. The van der Waals surface area contributed by atoms with Crippen molar-refractivity contribution in [3.63, 3.8) is 0 Å². The standard InChI is InChI=1S/C19H20N2O3S2/c1-2-26(23,24)17-11-7-6-9-14(17)18(22)21-19-15(12-20)13-8-4-3-5-10-16(13)25-19/h6-7,9,11H,2-5,8,10H2,1H3,(H,21,22). The summed E-state index contributed by atoms with van der Waals surface area (Å²) in [7, 11) is -3.51. The number of nitriles is 1. The Morgan fingerprint density at radius 2 is 1.96 bits per heavy atom. The SMILES string of the molecule is CCS(=O)(=O)c1ccccc1C(=O)Nc1sc2c(c1C#N)CCCCC2. The van der Waals surface area contributed by atoms with Crippen LogP contribution in [0.15, 0.2) is 29.2 Å². The molecule has 1 aromatic carbocycles. The van der Waals surface area contributed by atoms with E-state index in [0.717, 1.165) is 42.5 Å². The number of sulfone groups is 1. The van der Waals surface area contributed by atoms with E-state index in [0.29, 0.717) is 10.6 Å². The van der Waals surface area contributed by atoms with Crippen LogP contribution in [-0.2, 0) is 22.7 Å². The highest BCUT2D eigenvalue weighted by Gasteiger charge is 2.24. The highest BCUT2D eigenvalue weighted by molar-refractivity contribution is 7.91. The molecule has 1 aliphatic rings. The van der Waals surface area contributed by atoms with Crippen LogP contribution in [0.1, 0.15) is 52.5 Å². The molecule has 1 amide bonds. The van der Waals surface area contributed by atoms with Gasteiger partial charge in [0.1, 0.15) is 11.1 Å². The summed E-state index contributed by atoms with van der Waals surface area (Å²) < 4.78 is 24.5. The minimum absolute atomic E-state index is 0.0247. The van der Waals surface area contributed by atoms with E-state index < -0.39 is 15.7 Å².